The SMILES string of the molecule is NNc1cccc(NC2(CO)CCCCC2)c1[N+](=O)[O-]. The van der Waals surface area contributed by atoms with Crippen molar-refractivity contribution in [2.45, 2.75) is 37.6 Å². The number of anilines is 2. The molecule has 1 aromatic rings. The van der Waals surface area contributed by atoms with Gasteiger partial charge in [-0.3, -0.25) is 16.0 Å². The normalized spacial score (nSPS) is 17.5. The maximum Gasteiger partial charge on any atom is 0.316 e. The molecule has 5 N–H and O–H groups in total. The highest BCUT2D eigenvalue weighted by atomic mass is 16.6. The van der Waals surface area contributed by atoms with Gasteiger partial charge in [-0.2, -0.15) is 0 Å². The van der Waals surface area contributed by atoms with Crippen LogP contribution in [0.25, 0.3) is 0 Å². The molecule has 0 unspecified atom stereocenters. The monoisotopic (exact) mass is 280 g/mol. The summed E-state index contributed by atoms with van der Waals surface area (Å²) in [6.07, 6.45) is 4.77. The van der Waals surface area contributed by atoms with E-state index in [4.69, 9.17) is 5.84 Å². The molecule has 0 atom stereocenters. The number of nitrogens with two attached hydrogens (primary N) is 1. The molecular formula is C13H20N4O3. The van der Waals surface area contributed by atoms with Crippen molar-refractivity contribution in [3.05, 3.63) is 28.3 Å². The molecule has 1 aliphatic carbocycles. The van der Waals surface area contributed by atoms with E-state index in [2.05, 4.69) is 10.7 Å². The minimum Gasteiger partial charge on any atom is -0.394 e. The lowest BCUT2D eigenvalue weighted by Crippen LogP contribution is -2.44. The van der Waals surface area contributed by atoms with Crippen LogP contribution in [0.4, 0.5) is 17.1 Å². The van der Waals surface area contributed by atoms with Crippen LogP contribution in [-0.2, 0) is 0 Å². The first-order valence-corrected chi connectivity index (χ1v) is 6.75. The second-order valence-electron chi connectivity index (χ2n) is 5.23. The molecule has 0 radical (unpaired) electrons. The first-order chi connectivity index (χ1) is 9.62. The van der Waals surface area contributed by atoms with Crippen LogP contribution in [0.1, 0.15) is 32.1 Å². The Labute approximate surface area is 117 Å². The highest BCUT2D eigenvalue weighted by Gasteiger charge is 2.33. The molecule has 0 aliphatic heterocycles. The Morgan fingerprint density at radius 1 is 1.30 bits per heavy atom. The number of nitrogen functional groups attached to an aromatic ring is 1. The Morgan fingerprint density at radius 2 is 1.95 bits per heavy atom. The van der Waals surface area contributed by atoms with E-state index in [0.29, 0.717) is 5.69 Å². The molecule has 0 heterocycles. The van der Waals surface area contributed by atoms with E-state index in [1.54, 1.807) is 18.2 Å². The van der Waals surface area contributed by atoms with E-state index in [1.165, 1.54) is 0 Å². The average Bonchev–Trinajstić information content (AvgIpc) is 2.47. The van der Waals surface area contributed by atoms with Gasteiger partial charge < -0.3 is 15.8 Å². The van der Waals surface area contributed by atoms with Gasteiger partial charge in [0.05, 0.1) is 17.1 Å². The van der Waals surface area contributed by atoms with Crippen LogP contribution >= 0.6 is 0 Å². The van der Waals surface area contributed by atoms with E-state index in [1.807, 2.05) is 0 Å². The summed E-state index contributed by atoms with van der Waals surface area (Å²) in [5, 5.41) is 24.1. The number of rotatable bonds is 5. The van der Waals surface area contributed by atoms with Gasteiger partial charge in [0.1, 0.15) is 11.4 Å². The number of aliphatic hydroxyl groups excluding tert-OH is 1. The largest absolute Gasteiger partial charge is 0.394 e. The van der Waals surface area contributed by atoms with Gasteiger partial charge >= 0.3 is 5.69 Å². The summed E-state index contributed by atoms with van der Waals surface area (Å²) in [7, 11) is 0. The molecular weight excluding hydrogens is 260 g/mol. The Balaban J connectivity index is 2.34. The van der Waals surface area contributed by atoms with Gasteiger partial charge in [-0.15, -0.1) is 0 Å². The highest BCUT2D eigenvalue weighted by molar-refractivity contribution is 5.76. The molecule has 0 saturated heterocycles. The average molecular weight is 280 g/mol. The van der Waals surface area contributed by atoms with Crippen molar-refractivity contribution in [1.82, 2.24) is 0 Å². The molecule has 20 heavy (non-hydrogen) atoms. The van der Waals surface area contributed by atoms with Crippen LogP contribution in [0.5, 0.6) is 0 Å². The summed E-state index contributed by atoms with van der Waals surface area (Å²) in [6, 6.07) is 4.89. The zero-order valence-electron chi connectivity index (χ0n) is 11.3. The minimum absolute atomic E-state index is 0.0373. The van der Waals surface area contributed by atoms with Crippen molar-refractivity contribution in [3.63, 3.8) is 0 Å². The number of nitrogens with one attached hydrogen (secondary N) is 2. The second-order valence-corrected chi connectivity index (χ2v) is 5.23. The summed E-state index contributed by atoms with van der Waals surface area (Å²) >= 11 is 0. The van der Waals surface area contributed by atoms with Gasteiger partial charge in [0.2, 0.25) is 0 Å². The molecule has 7 heteroatoms. The number of para-hydroxylation sites is 1. The minimum atomic E-state index is -0.476. The summed E-state index contributed by atoms with van der Waals surface area (Å²) in [5.41, 5.74) is 2.42. The quantitative estimate of drug-likeness (QED) is 0.372. The Morgan fingerprint density at radius 3 is 2.50 bits per heavy atom. The van der Waals surface area contributed by atoms with Gasteiger partial charge in [-0.1, -0.05) is 25.3 Å². The topological polar surface area (TPSA) is 113 Å². The Bertz CT molecular complexity index is 487. The number of benzene rings is 1. The van der Waals surface area contributed by atoms with Crippen LogP contribution < -0.4 is 16.6 Å². The summed E-state index contributed by atoms with van der Waals surface area (Å²) in [5.74, 6) is 5.32. The van der Waals surface area contributed by atoms with Crippen molar-refractivity contribution in [3.8, 4) is 0 Å². The number of hydrogen-bond donors (Lipinski definition) is 4. The molecule has 0 amide bonds. The fourth-order valence-electron chi connectivity index (χ4n) is 2.79. The van der Waals surface area contributed by atoms with Crippen LogP contribution in [-0.4, -0.2) is 22.2 Å². The first-order valence-electron chi connectivity index (χ1n) is 6.75. The molecule has 0 aromatic heterocycles. The number of hydrogen-bond acceptors (Lipinski definition) is 6. The molecule has 2 rings (SSSR count). The summed E-state index contributed by atoms with van der Waals surface area (Å²) < 4.78 is 0. The third-order valence-electron chi connectivity index (χ3n) is 3.89. The second kappa shape index (κ2) is 6.06. The summed E-state index contributed by atoms with van der Waals surface area (Å²) in [6.45, 7) is -0.0373. The van der Waals surface area contributed by atoms with Gasteiger partial charge in [0.25, 0.3) is 0 Å². The lowest BCUT2D eigenvalue weighted by atomic mass is 9.82. The molecule has 1 aliphatic rings. The zero-order valence-corrected chi connectivity index (χ0v) is 11.3. The van der Waals surface area contributed by atoms with E-state index < -0.39 is 10.5 Å². The van der Waals surface area contributed by atoms with Gasteiger partial charge in [-0.05, 0) is 25.0 Å². The number of hydrazine groups is 1. The highest BCUT2D eigenvalue weighted by Crippen LogP contribution is 2.37. The molecule has 1 saturated carbocycles. The lowest BCUT2D eigenvalue weighted by molar-refractivity contribution is -0.383. The van der Waals surface area contributed by atoms with Crippen LogP contribution in [0, 0.1) is 10.1 Å². The molecule has 1 fully saturated rings. The predicted molar refractivity (Wildman–Crippen MR) is 77.4 cm³/mol. The fourth-order valence-corrected chi connectivity index (χ4v) is 2.79. The number of nitrogens with zero attached hydrogens (tertiary/aromatic N) is 1. The zero-order chi connectivity index (χ0) is 14.6. The van der Waals surface area contributed by atoms with Gasteiger partial charge in [-0.25, -0.2) is 0 Å². The van der Waals surface area contributed by atoms with E-state index in [0.717, 1.165) is 32.1 Å². The fraction of sp³-hybridized carbons (Fsp3) is 0.538. The standard InChI is InChI=1S/C13H20N4O3/c14-16-11-6-4-5-10(12(11)17(19)20)15-13(9-18)7-2-1-3-8-13/h4-6,15-16,18H,1-3,7-9,14H2. The smallest absolute Gasteiger partial charge is 0.316 e. The van der Waals surface area contributed by atoms with Crippen molar-refractivity contribution in [2.75, 3.05) is 17.3 Å². The molecule has 0 spiro atoms. The molecule has 7 nitrogen and oxygen atoms in total. The molecule has 110 valence electrons. The number of nitro benzene ring substituents is 1. The predicted octanol–water partition coefficient (Wildman–Crippen LogP) is 1.99. The van der Waals surface area contributed by atoms with Crippen molar-refractivity contribution in [2.24, 2.45) is 5.84 Å². The van der Waals surface area contributed by atoms with Crippen LogP contribution in [0.2, 0.25) is 0 Å². The van der Waals surface area contributed by atoms with Gasteiger partial charge in [0, 0.05) is 0 Å². The van der Waals surface area contributed by atoms with Crippen molar-refractivity contribution in [1.29, 1.82) is 0 Å². The molecule has 0 bridgehead atoms. The van der Waals surface area contributed by atoms with E-state index >= 15 is 0 Å². The Kier molecular flexibility index (Phi) is 4.41. The van der Waals surface area contributed by atoms with Crippen LogP contribution in [0.3, 0.4) is 0 Å². The number of aliphatic hydroxyl groups is 1. The van der Waals surface area contributed by atoms with Gasteiger partial charge in [0.15, 0.2) is 0 Å². The Hall–Kier alpha value is -1.86. The lowest BCUT2D eigenvalue weighted by Gasteiger charge is -2.37. The third-order valence-corrected chi connectivity index (χ3v) is 3.89. The van der Waals surface area contributed by atoms with Crippen LogP contribution in [0.15, 0.2) is 18.2 Å². The number of nitro groups is 1. The van der Waals surface area contributed by atoms with Crippen molar-refractivity contribution >= 4 is 17.1 Å². The van der Waals surface area contributed by atoms with E-state index in [9.17, 15) is 15.2 Å². The maximum atomic E-state index is 11.2. The summed E-state index contributed by atoms with van der Waals surface area (Å²) in [4.78, 5) is 10.8. The van der Waals surface area contributed by atoms with E-state index in [-0.39, 0.29) is 18.0 Å². The molecule has 1 aromatic carbocycles. The third kappa shape index (κ3) is 2.83. The maximum absolute atomic E-state index is 11.2. The van der Waals surface area contributed by atoms with Crippen molar-refractivity contribution < 1.29 is 10.0 Å². The first kappa shape index (κ1) is 14.5.